The number of aromatic amines is 3. The predicted octanol–water partition coefficient (Wildman–Crippen LogP) is 3.55. The van der Waals surface area contributed by atoms with Crippen molar-refractivity contribution in [2.24, 2.45) is 0 Å². The minimum Gasteiger partial charge on any atom is -0.472 e. The standard InChI is InChI=1S/C19H12N8O/c1-2-14-17(23-12(1)11-7-21-22-8-11)18(27-26-14)19-24-13-3-5-20-15(16(13)25-19)10-4-6-28-9-10/h1-9H,(H,21,22)(H,24,25)(H,26,27). The second-order valence-corrected chi connectivity index (χ2v) is 6.31. The van der Waals surface area contributed by atoms with E-state index in [2.05, 4.69) is 30.4 Å². The number of pyridine rings is 2. The van der Waals surface area contributed by atoms with Crippen molar-refractivity contribution < 1.29 is 4.42 Å². The average molecular weight is 368 g/mol. The van der Waals surface area contributed by atoms with Crippen LogP contribution in [-0.2, 0) is 0 Å². The van der Waals surface area contributed by atoms with Crippen LogP contribution in [0.25, 0.3) is 56.1 Å². The van der Waals surface area contributed by atoms with Crippen LogP contribution in [-0.4, -0.2) is 40.3 Å². The molecule has 134 valence electrons. The maximum Gasteiger partial charge on any atom is 0.161 e. The van der Waals surface area contributed by atoms with Gasteiger partial charge in [0.15, 0.2) is 11.5 Å². The number of hydrogen-bond acceptors (Lipinski definition) is 6. The predicted molar refractivity (Wildman–Crippen MR) is 102 cm³/mol. The van der Waals surface area contributed by atoms with Crippen LogP contribution >= 0.6 is 0 Å². The molecule has 9 nitrogen and oxygen atoms in total. The molecule has 0 saturated carbocycles. The Morgan fingerprint density at radius 2 is 1.86 bits per heavy atom. The average Bonchev–Trinajstić information content (AvgIpc) is 3.53. The summed E-state index contributed by atoms with van der Waals surface area (Å²) in [5, 5.41) is 14.2. The van der Waals surface area contributed by atoms with Crippen LogP contribution in [0.15, 0.2) is 59.8 Å². The lowest BCUT2D eigenvalue weighted by Gasteiger charge is -1.97. The van der Waals surface area contributed by atoms with Crippen LogP contribution in [0.5, 0.6) is 0 Å². The molecule has 0 amide bonds. The largest absolute Gasteiger partial charge is 0.472 e. The van der Waals surface area contributed by atoms with E-state index < -0.39 is 0 Å². The molecule has 9 heteroatoms. The number of nitrogens with zero attached hydrogens (tertiary/aromatic N) is 5. The third-order valence-corrected chi connectivity index (χ3v) is 4.62. The fourth-order valence-corrected chi connectivity index (χ4v) is 3.27. The van der Waals surface area contributed by atoms with E-state index in [1.165, 1.54) is 0 Å². The second kappa shape index (κ2) is 5.61. The van der Waals surface area contributed by atoms with Crippen LogP contribution in [0.3, 0.4) is 0 Å². The summed E-state index contributed by atoms with van der Waals surface area (Å²) in [6, 6.07) is 7.62. The first-order valence-electron chi connectivity index (χ1n) is 8.59. The molecule has 28 heavy (non-hydrogen) atoms. The fourth-order valence-electron chi connectivity index (χ4n) is 3.27. The summed E-state index contributed by atoms with van der Waals surface area (Å²) in [7, 11) is 0. The third kappa shape index (κ3) is 2.16. The number of nitrogens with one attached hydrogen (secondary N) is 3. The van der Waals surface area contributed by atoms with Crippen LogP contribution in [0.2, 0.25) is 0 Å². The van der Waals surface area contributed by atoms with E-state index in [0.29, 0.717) is 11.5 Å². The Hall–Kier alpha value is -4.27. The Kier molecular flexibility index (Phi) is 2.98. The van der Waals surface area contributed by atoms with Crippen LogP contribution < -0.4 is 0 Å². The maximum absolute atomic E-state index is 5.19. The number of rotatable bonds is 3. The molecule has 0 fully saturated rings. The lowest BCUT2D eigenvalue weighted by Crippen LogP contribution is -1.86. The quantitative estimate of drug-likeness (QED) is 0.439. The highest BCUT2D eigenvalue weighted by molar-refractivity contribution is 5.94. The number of fused-ring (bicyclic) bond motifs is 2. The molecular formula is C19H12N8O. The van der Waals surface area contributed by atoms with Crippen molar-refractivity contribution in [3.63, 3.8) is 0 Å². The summed E-state index contributed by atoms with van der Waals surface area (Å²) in [6.07, 6.45) is 8.55. The van der Waals surface area contributed by atoms with E-state index in [1.54, 1.807) is 31.1 Å². The first-order valence-corrected chi connectivity index (χ1v) is 8.59. The van der Waals surface area contributed by atoms with Crippen molar-refractivity contribution in [2.45, 2.75) is 0 Å². The summed E-state index contributed by atoms with van der Waals surface area (Å²) < 4.78 is 5.19. The molecule has 0 spiro atoms. The lowest BCUT2D eigenvalue weighted by molar-refractivity contribution is 0.568. The van der Waals surface area contributed by atoms with Gasteiger partial charge in [0.05, 0.1) is 35.5 Å². The molecule has 0 atom stereocenters. The number of H-pyrrole nitrogens is 3. The first-order chi connectivity index (χ1) is 13.9. The Bertz CT molecular complexity index is 1410. The molecule has 0 aromatic carbocycles. The van der Waals surface area contributed by atoms with E-state index in [1.807, 2.05) is 24.3 Å². The number of furan rings is 1. The summed E-state index contributed by atoms with van der Waals surface area (Å²) in [5.41, 5.74) is 7.16. The molecule has 0 saturated heterocycles. The van der Waals surface area contributed by atoms with Gasteiger partial charge in [-0.15, -0.1) is 0 Å². The zero-order chi connectivity index (χ0) is 18.5. The smallest absolute Gasteiger partial charge is 0.161 e. The fraction of sp³-hybridized carbons (Fsp3) is 0. The van der Waals surface area contributed by atoms with E-state index in [-0.39, 0.29) is 0 Å². The van der Waals surface area contributed by atoms with Crippen molar-refractivity contribution in [3.8, 4) is 34.0 Å². The SMILES string of the molecule is c1cc2[nH]c(-c3n[nH]c4ccc(-c5cn[nH]c5)nc34)nc2c(-c2ccoc2)n1. The second-order valence-electron chi connectivity index (χ2n) is 6.31. The molecule has 6 heterocycles. The Labute approximate surface area is 156 Å². The van der Waals surface area contributed by atoms with E-state index in [0.717, 1.165) is 44.6 Å². The molecule has 0 bridgehead atoms. The summed E-state index contributed by atoms with van der Waals surface area (Å²) in [4.78, 5) is 17.3. The lowest BCUT2D eigenvalue weighted by atomic mass is 10.2. The highest BCUT2D eigenvalue weighted by Crippen LogP contribution is 2.30. The van der Waals surface area contributed by atoms with E-state index in [4.69, 9.17) is 14.4 Å². The minimum atomic E-state index is 0.621. The van der Waals surface area contributed by atoms with Gasteiger partial charge in [-0.2, -0.15) is 10.2 Å². The van der Waals surface area contributed by atoms with Gasteiger partial charge in [-0.05, 0) is 24.3 Å². The summed E-state index contributed by atoms with van der Waals surface area (Å²) in [6.45, 7) is 0. The molecule has 0 radical (unpaired) electrons. The topological polar surface area (TPSA) is 125 Å². The summed E-state index contributed by atoms with van der Waals surface area (Å²) in [5.74, 6) is 0.621. The molecule has 0 unspecified atom stereocenters. The molecule has 6 aromatic rings. The van der Waals surface area contributed by atoms with Crippen LogP contribution in [0.4, 0.5) is 0 Å². The third-order valence-electron chi connectivity index (χ3n) is 4.62. The van der Waals surface area contributed by atoms with Crippen molar-refractivity contribution in [3.05, 3.63) is 55.4 Å². The van der Waals surface area contributed by atoms with Gasteiger partial charge < -0.3 is 9.40 Å². The number of aromatic nitrogens is 8. The van der Waals surface area contributed by atoms with Gasteiger partial charge in [-0.3, -0.25) is 15.2 Å². The molecule has 6 rings (SSSR count). The van der Waals surface area contributed by atoms with Gasteiger partial charge in [-0.1, -0.05) is 0 Å². The Balaban J connectivity index is 1.55. The summed E-state index contributed by atoms with van der Waals surface area (Å²) >= 11 is 0. The van der Waals surface area contributed by atoms with Gasteiger partial charge in [-0.25, -0.2) is 9.97 Å². The minimum absolute atomic E-state index is 0.621. The highest BCUT2D eigenvalue weighted by atomic mass is 16.3. The van der Waals surface area contributed by atoms with Gasteiger partial charge in [0, 0.05) is 23.5 Å². The van der Waals surface area contributed by atoms with Gasteiger partial charge in [0.25, 0.3) is 0 Å². The normalized spacial score (nSPS) is 11.6. The zero-order valence-electron chi connectivity index (χ0n) is 14.3. The van der Waals surface area contributed by atoms with Gasteiger partial charge in [0.1, 0.15) is 16.7 Å². The molecule has 0 aliphatic carbocycles. The van der Waals surface area contributed by atoms with Crippen LogP contribution in [0, 0.1) is 0 Å². The van der Waals surface area contributed by atoms with Crippen molar-refractivity contribution in [1.82, 2.24) is 40.3 Å². The van der Waals surface area contributed by atoms with Gasteiger partial charge >= 0.3 is 0 Å². The molecule has 6 aromatic heterocycles. The monoisotopic (exact) mass is 368 g/mol. The maximum atomic E-state index is 5.19. The Morgan fingerprint density at radius 1 is 0.893 bits per heavy atom. The van der Waals surface area contributed by atoms with E-state index >= 15 is 0 Å². The number of imidazole rings is 1. The Morgan fingerprint density at radius 3 is 2.71 bits per heavy atom. The molecular weight excluding hydrogens is 356 g/mol. The zero-order valence-corrected chi connectivity index (χ0v) is 14.3. The number of hydrogen-bond donors (Lipinski definition) is 3. The van der Waals surface area contributed by atoms with Gasteiger partial charge in [0.2, 0.25) is 0 Å². The van der Waals surface area contributed by atoms with Crippen LogP contribution in [0.1, 0.15) is 0 Å². The first kappa shape index (κ1) is 14.9. The molecule has 0 aliphatic rings. The van der Waals surface area contributed by atoms with Crippen molar-refractivity contribution in [1.29, 1.82) is 0 Å². The van der Waals surface area contributed by atoms with E-state index in [9.17, 15) is 0 Å². The molecule has 0 aliphatic heterocycles. The highest BCUT2D eigenvalue weighted by Gasteiger charge is 2.17. The van der Waals surface area contributed by atoms with Crippen molar-refractivity contribution in [2.75, 3.05) is 0 Å². The van der Waals surface area contributed by atoms with Crippen molar-refractivity contribution >= 4 is 22.1 Å². The molecule has 3 N–H and O–H groups in total.